The topological polar surface area (TPSA) is 42.1 Å². The smallest absolute Gasteiger partial charge is 0.129 e. The molecule has 0 radical (unpaired) electrons. The number of nitrogens with two attached hydrogens (primary N) is 1. The fourth-order valence-corrected chi connectivity index (χ4v) is 2.56. The molecule has 4 heteroatoms. The van der Waals surface area contributed by atoms with Crippen molar-refractivity contribution >= 4 is 23.0 Å². The molecule has 0 amide bonds. The second-order valence-electron chi connectivity index (χ2n) is 4.50. The molecule has 92 valence electrons. The Morgan fingerprint density at radius 1 is 1.53 bits per heavy atom. The van der Waals surface area contributed by atoms with Gasteiger partial charge in [-0.25, -0.2) is 4.98 Å². The van der Waals surface area contributed by atoms with E-state index >= 15 is 0 Å². The summed E-state index contributed by atoms with van der Waals surface area (Å²) in [4.78, 5) is 7.32. The first kappa shape index (κ1) is 12.3. The van der Waals surface area contributed by atoms with Gasteiger partial charge < -0.3 is 10.6 Å². The second-order valence-corrected chi connectivity index (χ2v) is 4.94. The number of anilines is 1. The lowest BCUT2D eigenvalue weighted by atomic mass is 10.00. The molecule has 3 nitrogen and oxygen atoms in total. The van der Waals surface area contributed by atoms with Crippen molar-refractivity contribution in [3.05, 3.63) is 23.9 Å². The van der Waals surface area contributed by atoms with Gasteiger partial charge >= 0.3 is 0 Å². The lowest BCUT2D eigenvalue weighted by Gasteiger charge is -2.36. The molecule has 2 rings (SSSR count). The van der Waals surface area contributed by atoms with Crippen LogP contribution in [0.25, 0.3) is 0 Å². The van der Waals surface area contributed by atoms with Gasteiger partial charge in [-0.3, -0.25) is 0 Å². The molecule has 1 aromatic rings. The summed E-state index contributed by atoms with van der Waals surface area (Å²) in [5.74, 6) is 1.02. The standard InChI is InChI=1S/C13H19N3S/c1-2-10-6-3-4-9-16(10)12-8-5-7-11(15-12)13(14)17/h5,7-8,10H,2-4,6,9H2,1H3,(H2,14,17). The molecular weight excluding hydrogens is 230 g/mol. The normalized spacial score (nSPS) is 20.3. The molecule has 1 aliphatic rings. The van der Waals surface area contributed by atoms with Gasteiger partial charge in [-0.05, 0) is 37.8 Å². The quantitative estimate of drug-likeness (QED) is 0.836. The van der Waals surface area contributed by atoms with Crippen LogP contribution >= 0.6 is 12.2 Å². The van der Waals surface area contributed by atoms with Crippen molar-refractivity contribution < 1.29 is 0 Å². The second kappa shape index (κ2) is 5.45. The summed E-state index contributed by atoms with van der Waals surface area (Å²) in [6.45, 7) is 3.33. The minimum absolute atomic E-state index is 0.372. The highest BCUT2D eigenvalue weighted by Crippen LogP contribution is 2.24. The minimum atomic E-state index is 0.372. The summed E-state index contributed by atoms with van der Waals surface area (Å²) >= 11 is 4.98. The molecule has 1 fully saturated rings. The molecule has 0 spiro atoms. The summed E-state index contributed by atoms with van der Waals surface area (Å²) in [7, 11) is 0. The predicted octanol–water partition coefficient (Wildman–Crippen LogP) is 2.48. The maximum absolute atomic E-state index is 5.63. The largest absolute Gasteiger partial charge is 0.388 e. The third-order valence-corrected chi connectivity index (χ3v) is 3.59. The van der Waals surface area contributed by atoms with Crippen molar-refractivity contribution in [2.45, 2.75) is 38.6 Å². The summed E-state index contributed by atoms with van der Waals surface area (Å²) in [5.41, 5.74) is 6.35. The molecule has 0 saturated carbocycles. The fraction of sp³-hybridized carbons (Fsp3) is 0.538. The number of aromatic nitrogens is 1. The summed E-state index contributed by atoms with van der Waals surface area (Å²) in [5, 5.41) is 0. The van der Waals surface area contributed by atoms with E-state index in [0.717, 1.165) is 18.1 Å². The van der Waals surface area contributed by atoms with Crippen LogP contribution in [-0.4, -0.2) is 22.6 Å². The van der Waals surface area contributed by atoms with Crippen LogP contribution in [0.4, 0.5) is 5.82 Å². The number of hydrogen-bond donors (Lipinski definition) is 1. The Balaban J connectivity index is 2.25. The Hall–Kier alpha value is -1.16. The van der Waals surface area contributed by atoms with E-state index in [1.165, 1.54) is 25.7 Å². The maximum atomic E-state index is 5.63. The van der Waals surface area contributed by atoms with Gasteiger partial charge in [0, 0.05) is 12.6 Å². The Labute approximate surface area is 108 Å². The molecule has 1 aliphatic heterocycles. The van der Waals surface area contributed by atoms with Crippen molar-refractivity contribution in [1.29, 1.82) is 0 Å². The van der Waals surface area contributed by atoms with E-state index in [9.17, 15) is 0 Å². The van der Waals surface area contributed by atoms with E-state index in [0.29, 0.717) is 11.0 Å². The van der Waals surface area contributed by atoms with Crippen LogP contribution in [0.3, 0.4) is 0 Å². The Morgan fingerprint density at radius 3 is 3.06 bits per heavy atom. The Kier molecular flexibility index (Phi) is 3.94. The van der Waals surface area contributed by atoms with Crippen LogP contribution in [0, 0.1) is 0 Å². The minimum Gasteiger partial charge on any atom is -0.388 e. The molecule has 17 heavy (non-hydrogen) atoms. The zero-order valence-corrected chi connectivity index (χ0v) is 11.0. The average molecular weight is 249 g/mol. The average Bonchev–Trinajstić information content (AvgIpc) is 2.39. The molecule has 2 heterocycles. The van der Waals surface area contributed by atoms with Crippen molar-refractivity contribution in [2.75, 3.05) is 11.4 Å². The third-order valence-electron chi connectivity index (χ3n) is 3.38. The van der Waals surface area contributed by atoms with E-state index in [1.807, 2.05) is 12.1 Å². The lowest BCUT2D eigenvalue weighted by Crippen LogP contribution is -2.39. The number of piperidine rings is 1. The first-order valence-corrected chi connectivity index (χ1v) is 6.66. The number of thiocarbonyl (C=S) groups is 1. The number of pyridine rings is 1. The molecule has 1 saturated heterocycles. The monoisotopic (exact) mass is 249 g/mol. The van der Waals surface area contributed by atoms with Crippen LogP contribution in [0.5, 0.6) is 0 Å². The SMILES string of the molecule is CCC1CCCCN1c1cccc(C(N)=S)n1. The van der Waals surface area contributed by atoms with E-state index in [2.05, 4.69) is 22.9 Å². The maximum Gasteiger partial charge on any atom is 0.129 e. The van der Waals surface area contributed by atoms with Crippen LogP contribution in [-0.2, 0) is 0 Å². The van der Waals surface area contributed by atoms with Crippen molar-refractivity contribution in [2.24, 2.45) is 5.73 Å². The highest BCUT2D eigenvalue weighted by Gasteiger charge is 2.22. The lowest BCUT2D eigenvalue weighted by molar-refractivity contribution is 0.447. The molecule has 0 aliphatic carbocycles. The Morgan fingerprint density at radius 2 is 2.35 bits per heavy atom. The zero-order valence-electron chi connectivity index (χ0n) is 10.2. The van der Waals surface area contributed by atoms with Gasteiger partial charge in [0.15, 0.2) is 0 Å². The van der Waals surface area contributed by atoms with Crippen LogP contribution in [0.1, 0.15) is 38.3 Å². The summed E-state index contributed by atoms with van der Waals surface area (Å²) < 4.78 is 0. The van der Waals surface area contributed by atoms with Gasteiger partial charge in [-0.2, -0.15) is 0 Å². The number of rotatable bonds is 3. The zero-order chi connectivity index (χ0) is 12.3. The molecule has 1 unspecified atom stereocenters. The molecule has 1 aromatic heterocycles. The van der Waals surface area contributed by atoms with Gasteiger partial charge in [0.1, 0.15) is 10.8 Å². The van der Waals surface area contributed by atoms with Crippen molar-refractivity contribution in [3.8, 4) is 0 Å². The molecular formula is C13H19N3S. The summed E-state index contributed by atoms with van der Waals surface area (Å²) in [6.07, 6.45) is 4.99. The van der Waals surface area contributed by atoms with Gasteiger partial charge in [-0.1, -0.05) is 25.2 Å². The van der Waals surface area contributed by atoms with Crippen LogP contribution < -0.4 is 10.6 Å². The Bertz CT molecular complexity index is 405. The van der Waals surface area contributed by atoms with Gasteiger partial charge in [0.2, 0.25) is 0 Å². The van der Waals surface area contributed by atoms with Crippen LogP contribution in [0.15, 0.2) is 18.2 Å². The van der Waals surface area contributed by atoms with E-state index in [-0.39, 0.29) is 0 Å². The van der Waals surface area contributed by atoms with E-state index in [4.69, 9.17) is 18.0 Å². The predicted molar refractivity (Wildman–Crippen MR) is 75.4 cm³/mol. The van der Waals surface area contributed by atoms with E-state index in [1.54, 1.807) is 0 Å². The highest BCUT2D eigenvalue weighted by molar-refractivity contribution is 7.80. The number of hydrogen-bond acceptors (Lipinski definition) is 3. The highest BCUT2D eigenvalue weighted by atomic mass is 32.1. The summed E-state index contributed by atoms with van der Waals surface area (Å²) in [6, 6.07) is 6.52. The molecule has 2 N–H and O–H groups in total. The molecule has 0 bridgehead atoms. The third kappa shape index (κ3) is 2.75. The first-order valence-electron chi connectivity index (χ1n) is 6.26. The van der Waals surface area contributed by atoms with Gasteiger partial charge in [0.05, 0.1) is 5.69 Å². The molecule has 1 atom stereocenters. The van der Waals surface area contributed by atoms with Crippen molar-refractivity contribution in [3.63, 3.8) is 0 Å². The first-order chi connectivity index (χ1) is 8.22. The van der Waals surface area contributed by atoms with Crippen molar-refractivity contribution in [1.82, 2.24) is 4.98 Å². The number of nitrogens with zero attached hydrogens (tertiary/aromatic N) is 2. The van der Waals surface area contributed by atoms with E-state index < -0.39 is 0 Å². The molecule has 0 aromatic carbocycles. The van der Waals surface area contributed by atoms with Crippen LogP contribution in [0.2, 0.25) is 0 Å². The van der Waals surface area contributed by atoms with Gasteiger partial charge in [-0.15, -0.1) is 0 Å². The van der Waals surface area contributed by atoms with Gasteiger partial charge in [0.25, 0.3) is 0 Å². The fourth-order valence-electron chi connectivity index (χ4n) is 2.45.